The van der Waals surface area contributed by atoms with Gasteiger partial charge in [-0.1, -0.05) is 22.4 Å². The van der Waals surface area contributed by atoms with Crippen molar-refractivity contribution in [3.8, 4) is 17.1 Å². The molecule has 2 N–H and O–H groups in total. The summed E-state index contributed by atoms with van der Waals surface area (Å²) in [6.07, 6.45) is 0. The summed E-state index contributed by atoms with van der Waals surface area (Å²) in [4.78, 5) is 16.1. The highest BCUT2D eigenvalue weighted by Crippen LogP contribution is 2.22. The summed E-state index contributed by atoms with van der Waals surface area (Å²) < 4.78 is 20.0. The molecule has 0 spiro atoms. The molecule has 0 saturated heterocycles. The molecule has 3 rings (SSSR count). The van der Waals surface area contributed by atoms with Gasteiger partial charge in [0.05, 0.1) is 12.8 Å². The van der Waals surface area contributed by atoms with E-state index in [1.807, 2.05) is 12.1 Å². The van der Waals surface area contributed by atoms with Gasteiger partial charge in [-0.2, -0.15) is 4.98 Å². The SMILES string of the molecule is COc1cccc(-c2noc(COC(=O)c3c(C)noc3N)n2)c1. The molecule has 1 aromatic carbocycles. The van der Waals surface area contributed by atoms with Crippen LogP contribution in [0.3, 0.4) is 0 Å². The van der Waals surface area contributed by atoms with E-state index in [1.165, 1.54) is 0 Å². The average Bonchev–Trinajstić information content (AvgIpc) is 3.19. The molecule has 0 aliphatic carbocycles. The zero-order chi connectivity index (χ0) is 17.1. The molecule has 0 atom stereocenters. The van der Waals surface area contributed by atoms with Crippen molar-refractivity contribution in [1.82, 2.24) is 15.3 Å². The van der Waals surface area contributed by atoms with Crippen LogP contribution in [0.4, 0.5) is 5.88 Å². The highest BCUT2D eigenvalue weighted by molar-refractivity contribution is 5.94. The maximum absolute atomic E-state index is 12.0. The van der Waals surface area contributed by atoms with Crippen molar-refractivity contribution >= 4 is 11.9 Å². The van der Waals surface area contributed by atoms with Gasteiger partial charge in [0.1, 0.15) is 11.3 Å². The normalized spacial score (nSPS) is 10.6. The first kappa shape index (κ1) is 15.5. The number of carbonyl (C=O) groups excluding carboxylic acids is 1. The molecule has 0 aliphatic rings. The van der Waals surface area contributed by atoms with Crippen LogP contribution in [0.15, 0.2) is 33.3 Å². The van der Waals surface area contributed by atoms with Crippen molar-refractivity contribution in [2.24, 2.45) is 0 Å². The van der Waals surface area contributed by atoms with Crippen LogP contribution in [0.2, 0.25) is 0 Å². The van der Waals surface area contributed by atoms with Crippen molar-refractivity contribution < 1.29 is 23.3 Å². The lowest BCUT2D eigenvalue weighted by molar-refractivity contribution is 0.0430. The smallest absolute Gasteiger partial charge is 0.346 e. The molecule has 2 heterocycles. The number of rotatable bonds is 5. The Morgan fingerprint density at radius 2 is 2.12 bits per heavy atom. The molecule has 9 heteroatoms. The second-order valence-electron chi connectivity index (χ2n) is 4.83. The number of carbonyl (C=O) groups is 1. The molecule has 3 aromatic rings. The average molecular weight is 330 g/mol. The Hall–Kier alpha value is -3.36. The second kappa shape index (κ2) is 6.41. The Morgan fingerprint density at radius 1 is 1.29 bits per heavy atom. The zero-order valence-electron chi connectivity index (χ0n) is 13.0. The van der Waals surface area contributed by atoms with Gasteiger partial charge in [0.2, 0.25) is 11.7 Å². The first-order valence-corrected chi connectivity index (χ1v) is 6.94. The van der Waals surface area contributed by atoms with Crippen LogP contribution in [-0.2, 0) is 11.3 Å². The molecule has 24 heavy (non-hydrogen) atoms. The fourth-order valence-electron chi connectivity index (χ4n) is 2.03. The highest BCUT2D eigenvalue weighted by Gasteiger charge is 2.21. The molecule has 0 bridgehead atoms. The molecule has 124 valence electrons. The molecular weight excluding hydrogens is 316 g/mol. The molecule has 9 nitrogen and oxygen atoms in total. The van der Waals surface area contributed by atoms with Crippen LogP contribution >= 0.6 is 0 Å². The van der Waals surface area contributed by atoms with Crippen molar-refractivity contribution in [3.63, 3.8) is 0 Å². The third kappa shape index (κ3) is 3.05. The van der Waals surface area contributed by atoms with E-state index in [0.717, 1.165) is 5.56 Å². The zero-order valence-corrected chi connectivity index (χ0v) is 13.0. The number of benzene rings is 1. The maximum atomic E-state index is 12.0. The van der Waals surface area contributed by atoms with E-state index in [-0.39, 0.29) is 23.9 Å². The Bertz CT molecular complexity index is 851. The fraction of sp³-hybridized carbons (Fsp3) is 0.200. The number of aromatic nitrogens is 3. The lowest BCUT2D eigenvalue weighted by Gasteiger charge is -2.00. The Labute approximate surface area is 136 Å². The van der Waals surface area contributed by atoms with Gasteiger partial charge in [-0.05, 0) is 19.1 Å². The van der Waals surface area contributed by atoms with Crippen molar-refractivity contribution in [1.29, 1.82) is 0 Å². The minimum absolute atomic E-state index is 0.0857. The molecule has 0 unspecified atom stereocenters. The quantitative estimate of drug-likeness (QED) is 0.698. The summed E-state index contributed by atoms with van der Waals surface area (Å²) in [5.74, 6) is 0.408. The molecule has 2 aromatic heterocycles. The van der Waals surface area contributed by atoms with Crippen LogP contribution in [0.25, 0.3) is 11.4 Å². The summed E-state index contributed by atoms with van der Waals surface area (Å²) in [6.45, 7) is 1.39. The van der Waals surface area contributed by atoms with Gasteiger partial charge in [-0.25, -0.2) is 4.79 Å². The minimum atomic E-state index is -0.674. The van der Waals surface area contributed by atoms with Gasteiger partial charge in [0.25, 0.3) is 5.89 Å². The summed E-state index contributed by atoms with van der Waals surface area (Å²) in [6, 6.07) is 7.19. The number of hydrogen-bond acceptors (Lipinski definition) is 9. The predicted molar refractivity (Wildman–Crippen MR) is 81.1 cm³/mol. The Kier molecular flexibility index (Phi) is 4.15. The Balaban J connectivity index is 1.69. The number of methoxy groups -OCH3 is 1. The number of nitrogens with two attached hydrogens (primary N) is 1. The third-order valence-corrected chi connectivity index (χ3v) is 3.22. The largest absolute Gasteiger partial charge is 0.497 e. The van der Waals surface area contributed by atoms with E-state index in [2.05, 4.69) is 15.3 Å². The highest BCUT2D eigenvalue weighted by atomic mass is 16.6. The van der Waals surface area contributed by atoms with E-state index in [4.69, 9.17) is 24.3 Å². The van der Waals surface area contributed by atoms with Crippen LogP contribution in [0.1, 0.15) is 21.9 Å². The molecule has 0 aliphatic heterocycles. The number of anilines is 1. The van der Waals surface area contributed by atoms with Gasteiger partial charge in [0.15, 0.2) is 6.61 Å². The van der Waals surface area contributed by atoms with Gasteiger partial charge in [-0.15, -0.1) is 0 Å². The monoisotopic (exact) mass is 330 g/mol. The predicted octanol–water partition coefficient (Wildman–Crippen LogP) is 1.98. The van der Waals surface area contributed by atoms with Crippen LogP contribution in [0, 0.1) is 6.92 Å². The van der Waals surface area contributed by atoms with E-state index in [9.17, 15) is 4.79 Å². The second-order valence-corrected chi connectivity index (χ2v) is 4.83. The number of nitrogen functional groups attached to an aromatic ring is 1. The molecule has 0 amide bonds. The summed E-state index contributed by atoms with van der Waals surface area (Å²) in [5.41, 5.74) is 6.68. The summed E-state index contributed by atoms with van der Waals surface area (Å²) in [7, 11) is 1.57. The summed E-state index contributed by atoms with van der Waals surface area (Å²) in [5, 5.41) is 7.44. The van der Waals surface area contributed by atoms with E-state index in [0.29, 0.717) is 17.3 Å². The lowest BCUT2D eigenvalue weighted by Crippen LogP contribution is -2.08. The maximum Gasteiger partial charge on any atom is 0.346 e. The first-order valence-electron chi connectivity index (χ1n) is 6.94. The van der Waals surface area contributed by atoms with Crippen LogP contribution < -0.4 is 10.5 Å². The number of esters is 1. The van der Waals surface area contributed by atoms with E-state index in [1.54, 1.807) is 26.2 Å². The fourth-order valence-corrected chi connectivity index (χ4v) is 2.03. The standard InChI is InChI=1S/C15H14N4O5/c1-8-12(13(16)24-18-8)15(20)22-7-11-17-14(19-23-11)9-4-3-5-10(6-9)21-2/h3-6H,7,16H2,1-2H3. The van der Waals surface area contributed by atoms with Gasteiger partial charge >= 0.3 is 5.97 Å². The first-order chi connectivity index (χ1) is 11.6. The van der Waals surface area contributed by atoms with E-state index >= 15 is 0 Å². The van der Waals surface area contributed by atoms with Crippen molar-refractivity contribution in [2.45, 2.75) is 13.5 Å². The minimum Gasteiger partial charge on any atom is -0.497 e. The lowest BCUT2D eigenvalue weighted by atomic mass is 10.2. The number of ether oxygens (including phenoxy) is 2. The van der Waals surface area contributed by atoms with Crippen LogP contribution in [-0.4, -0.2) is 28.4 Å². The molecule has 0 fully saturated rings. The van der Waals surface area contributed by atoms with Gasteiger partial charge in [0, 0.05) is 5.56 Å². The third-order valence-electron chi connectivity index (χ3n) is 3.22. The van der Waals surface area contributed by atoms with Crippen molar-refractivity contribution in [2.75, 3.05) is 12.8 Å². The molecular formula is C15H14N4O5. The van der Waals surface area contributed by atoms with Gasteiger partial charge in [-0.3, -0.25) is 0 Å². The number of hydrogen-bond donors (Lipinski definition) is 1. The van der Waals surface area contributed by atoms with Crippen molar-refractivity contribution in [3.05, 3.63) is 41.4 Å². The van der Waals surface area contributed by atoms with E-state index < -0.39 is 5.97 Å². The van der Waals surface area contributed by atoms with Gasteiger partial charge < -0.3 is 24.3 Å². The van der Waals surface area contributed by atoms with Crippen LogP contribution in [0.5, 0.6) is 5.75 Å². The number of nitrogens with zero attached hydrogens (tertiary/aromatic N) is 3. The topological polar surface area (TPSA) is 127 Å². The summed E-state index contributed by atoms with van der Waals surface area (Å²) >= 11 is 0. The Morgan fingerprint density at radius 3 is 2.83 bits per heavy atom. The molecule has 0 radical (unpaired) electrons. The molecule has 0 saturated carbocycles. The number of aryl methyl sites for hydroxylation is 1.